The molecule has 2 N–H and O–H groups in total. The Bertz CT molecular complexity index is 462. The van der Waals surface area contributed by atoms with E-state index in [2.05, 4.69) is 9.89 Å². The Hall–Kier alpha value is -0.410. The van der Waals surface area contributed by atoms with Crippen LogP contribution >= 0.6 is 35.3 Å². The lowest BCUT2D eigenvalue weighted by Gasteiger charge is -2.27. The lowest BCUT2D eigenvalue weighted by molar-refractivity contribution is 0.0674. The molecule has 0 aromatic carbocycles. The van der Waals surface area contributed by atoms with E-state index in [1.54, 1.807) is 0 Å². The number of nitrogens with two attached hydrogens (primary N) is 1. The number of aromatic nitrogens is 1. The molecular formula is C14H23IN4OS. The molecule has 0 amide bonds. The van der Waals surface area contributed by atoms with Gasteiger partial charge in [0.05, 0.1) is 23.9 Å². The summed E-state index contributed by atoms with van der Waals surface area (Å²) in [5, 5.41) is 1.22. The number of hydrogen-bond acceptors (Lipinski definition) is 4. The summed E-state index contributed by atoms with van der Waals surface area (Å²) in [7, 11) is 0. The Morgan fingerprint density at radius 1 is 1.29 bits per heavy atom. The molecule has 1 saturated heterocycles. The van der Waals surface area contributed by atoms with Crippen LogP contribution < -0.4 is 5.73 Å². The van der Waals surface area contributed by atoms with Crippen molar-refractivity contribution in [3.8, 4) is 0 Å². The maximum Gasteiger partial charge on any atom is 0.191 e. The van der Waals surface area contributed by atoms with Crippen LogP contribution in [0.15, 0.2) is 4.99 Å². The first-order chi connectivity index (χ1) is 9.83. The van der Waals surface area contributed by atoms with E-state index in [4.69, 9.17) is 15.5 Å². The topological polar surface area (TPSA) is 63.7 Å². The van der Waals surface area contributed by atoms with Crippen molar-refractivity contribution in [3.63, 3.8) is 0 Å². The minimum absolute atomic E-state index is 0. The number of aryl methyl sites for hydroxylation is 2. The Kier molecular flexibility index (Phi) is 6.69. The van der Waals surface area contributed by atoms with Gasteiger partial charge in [-0.05, 0) is 25.7 Å². The standard InChI is InChI=1S/C14H22N4OS.HI/c15-14(18-7-9-19-10-8-18)16-6-5-13-17-11-3-1-2-4-12(11)20-13;/h1-10H2,(H2,15,16);1H. The van der Waals surface area contributed by atoms with Gasteiger partial charge in [0, 0.05) is 30.9 Å². The molecular weight excluding hydrogens is 399 g/mol. The smallest absolute Gasteiger partial charge is 0.191 e. The minimum atomic E-state index is 0. The molecule has 5 nitrogen and oxygen atoms in total. The highest BCUT2D eigenvalue weighted by atomic mass is 127. The Morgan fingerprint density at radius 2 is 2.05 bits per heavy atom. The van der Waals surface area contributed by atoms with Crippen molar-refractivity contribution in [2.75, 3.05) is 32.8 Å². The van der Waals surface area contributed by atoms with Crippen molar-refractivity contribution in [2.45, 2.75) is 32.1 Å². The predicted octanol–water partition coefficient (Wildman–Crippen LogP) is 1.83. The molecule has 3 rings (SSSR count). The number of halogens is 1. The third kappa shape index (κ3) is 4.53. The van der Waals surface area contributed by atoms with Gasteiger partial charge < -0.3 is 15.4 Å². The van der Waals surface area contributed by atoms with Crippen LogP contribution in [0.3, 0.4) is 0 Å². The SMILES string of the molecule is I.NC(=NCCc1nc2c(s1)CCCC2)N1CCOCC1. The fourth-order valence-electron chi connectivity index (χ4n) is 2.67. The van der Waals surface area contributed by atoms with Gasteiger partial charge in [-0.1, -0.05) is 0 Å². The number of ether oxygens (including phenoxy) is 1. The minimum Gasteiger partial charge on any atom is -0.378 e. The summed E-state index contributed by atoms with van der Waals surface area (Å²) < 4.78 is 5.31. The quantitative estimate of drug-likeness (QED) is 0.459. The molecule has 118 valence electrons. The van der Waals surface area contributed by atoms with Gasteiger partial charge in [-0.3, -0.25) is 4.99 Å². The highest BCUT2D eigenvalue weighted by Crippen LogP contribution is 2.26. The molecule has 0 atom stereocenters. The molecule has 2 heterocycles. The number of nitrogens with zero attached hydrogens (tertiary/aromatic N) is 3. The molecule has 21 heavy (non-hydrogen) atoms. The lowest BCUT2D eigenvalue weighted by atomic mass is 10.0. The average molecular weight is 422 g/mol. The van der Waals surface area contributed by atoms with Crippen molar-refractivity contribution >= 4 is 41.3 Å². The summed E-state index contributed by atoms with van der Waals surface area (Å²) in [5.41, 5.74) is 7.35. The molecule has 1 aromatic rings. The van der Waals surface area contributed by atoms with Crippen LogP contribution in [0.25, 0.3) is 0 Å². The van der Waals surface area contributed by atoms with Gasteiger partial charge in [0.25, 0.3) is 0 Å². The van der Waals surface area contributed by atoms with Crippen LogP contribution in [-0.4, -0.2) is 48.7 Å². The van der Waals surface area contributed by atoms with Crippen molar-refractivity contribution in [3.05, 3.63) is 15.6 Å². The zero-order valence-corrected chi connectivity index (χ0v) is 15.4. The average Bonchev–Trinajstić information content (AvgIpc) is 2.90. The van der Waals surface area contributed by atoms with Crippen LogP contribution in [-0.2, 0) is 24.0 Å². The number of rotatable bonds is 3. The summed E-state index contributed by atoms with van der Waals surface area (Å²) >= 11 is 1.87. The third-order valence-electron chi connectivity index (χ3n) is 3.82. The molecule has 0 bridgehead atoms. The molecule has 0 unspecified atom stereocenters. The summed E-state index contributed by atoms with van der Waals surface area (Å²) in [6, 6.07) is 0. The molecule has 0 spiro atoms. The van der Waals surface area contributed by atoms with E-state index in [-0.39, 0.29) is 24.0 Å². The van der Waals surface area contributed by atoms with E-state index in [1.807, 2.05) is 11.3 Å². The molecule has 0 saturated carbocycles. The van der Waals surface area contributed by atoms with E-state index >= 15 is 0 Å². The zero-order chi connectivity index (χ0) is 13.8. The maximum atomic E-state index is 6.01. The third-order valence-corrected chi connectivity index (χ3v) is 5.04. The molecule has 7 heteroatoms. The number of morpholine rings is 1. The molecule has 1 fully saturated rings. The van der Waals surface area contributed by atoms with Crippen molar-refractivity contribution in [2.24, 2.45) is 10.7 Å². The number of fused-ring (bicyclic) bond motifs is 1. The molecule has 1 aliphatic carbocycles. The van der Waals surface area contributed by atoms with E-state index in [0.29, 0.717) is 5.96 Å². The predicted molar refractivity (Wildman–Crippen MR) is 96.8 cm³/mol. The first kappa shape index (κ1) is 17.0. The van der Waals surface area contributed by atoms with Crippen LogP contribution in [0.5, 0.6) is 0 Å². The second kappa shape index (κ2) is 8.28. The van der Waals surface area contributed by atoms with Crippen LogP contribution in [0.1, 0.15) is 28.4 Å². The first-order valence-electron chi connectivity index (χ1n) is 7.43. The van der Waals surface area contributed by atoms with Gasteiger partial charge in [0.2, 0.25) is 0 Å². The number of hydrogen-bond donors (Lipinski definition) is 1. The number of guanidine groups is 1. The van der Waals surface area contributed by atoms with Crippen molar-refractivity contribution < 1.29 is 4.74 Å². The second-order valence-electron chi connectivity index (χ2n) is 5.27. The fourth-order valence-corrected chi connectivity index (χ4v) is 3.82. The molecule has 1 aromatic heterocycles. The van der Waals surface area contributed by atoms with Gasteiger partial charge in [-0.25, -0.2) is 4.98 Å². The summed E-state index contributed by atoms with van der Waals surface area (Å²) in [5.74, 6) is 0.648. The molecule has 1 aliphatic heterocycles. The van der Waals surface area contributed by atoms with E-state index in [9.17, 15) is 0 Å². The zero-order valence-electron chi connectivity index (χ0n) is 12.2. The van der Waals surface area contributed by atoms with Crippen LogP contribution in [0, 0.1) is 0 Å². The molecule has 2 aliphatic rings. The van der Waals surface area contributed by atoms with E-state index in [1.165, 1.54) is 34.8 Å². The largest absolute Gasteiger partial charge is 0.378 e. The summed E-state index contributed by atoms with van der Waals surface area (Å²) in [6.45, 7) is 3.92. The van der Waals surface area contributed by atoms with Crippen molar-refractivity contribution in [1.82, 2.24) is 9.88 Å². The van der Waals surface area contributed by atoms with Crippen LogP contribution in [0.4, 0.5) is 0 Å². The van der Waals surface area contributed by atoms with Gasteiger partial charge in [0.1, 0.15) is 0 Å². The van der Waals surface area contributed by atoms with Gasteiger partial charge >= 0.3 is 0 Å². The van der Waals surface area contributed by atoms with E-state index in [0.717, 1.165) is 45.7 Å². The highest BCUT2D eigenvalue weighted by molar-refractivity contribution is 14.0. The van der Waals surface area contributed by atoms with E-state index < -0.39 is 0 Å². The summed E-state index contributed by atoms with van der Waals surface area (Å²) in [4.78, 5) is 12.8. The second-order valence-corrected chi connectivity index (χ2v) is 6.44. The first-order valence-corrected chi connectivity index (χ1v) is 8.24. The van der Waals surface area contributed by atoms with Gasteiger partial charge in [0.15, 0.2) is 5.96 Å². The van der Waals surface area contributed by atoms with Crippen molar-refractivity contribution in [1.29, 1.82) is 0 Å². The lowest BCUT2D eigenvalue weighted by Crippen LogP contribution is -2.44. The molecule has 0 radical (unpaired) electrons. The van der Waals surface area contributed by atoms with Gasteiger partial charge in [-0.15, -0.1) is 35.3 Å². The van der Waals surface area contributed by atoms with Gasteiger partial charge in [-0.2, -0.15) is 0 Å². The highest BCUT2D eigenvalue weighted by Gasteiger charge is 2.15. The Balaban J connectivity index is 0.00000161. The number of aliphatic imine (C=N–C) groups is 1. The Morgan fingerprint density at radius 3 is 2.81 bits per heavy atom. The number of thiazole rings is 1. The maximum absolute atomic E-state index is 6.01. The summed E-state index contributed by atoms with van der Waals surface area (Å²) in [6.07, 6.45) is 5.88. The fraction of sp³-hybridized carbons (Fsp3) is 0.714. The van der Waals surface area contributed by atoms with Crippen LogP contribution in [0.2, 0.25) is 0 Å². The normalized spacial score (nSPS) is 19.0. The monoisotopic (exact) mass is 422 g/mol. The Labute approximate surface area is 147 Å².